The molecule has 4 aliphatic rings. The van der Waals surface area contributed by atoms with E-state index in [1.165, 1.54) is 25.3 Å². The summed E-state index contributed by atoms with van der Waals surface area (Å²) in [4.78, 5) is 49.4. The van der Waals surface area contributed by atoms with E-state index >= 15 is 0 Å². The SMILES string of the molecule is CC(C)Oc1cc2nn(C3CCCCC3)cc2cc1C(=O)Nc1cnn2cccnc12.CN1CC2(CCN(c3ncc(C4CCC(=O)NC4=O)cc3F)CC2)C1. The molecule has 1 saturated carbocycles. The van der Waals surface area contributed by atoms with Gasteiger partial charge in [-0.3, -0.25) is 24.4 Å². The van der Waals surface area contributed by atoms with Crippen LogP contribution in [0.2, 0.25) is 0 Å². The zero-order valence-electron chi connectivity index (χ0n) is 32.2. The summed E-state index contributed by atoms with van der Waals surface area (Å²) >= 11 is 0. The van der Waals surface area contributed by atoms with Gasteiger partial charge in [0.2, 0.25) is 11.8 Å². The number of fused-ring (bicyclic) bond motifs is 2. The third-order valence-corrected chi connectivity index (χ3v) is 11.5. The number of carbonyl (C=O) groups is 3. The average Bonchev–Trinajstić information content (AvgIpc) is 3.79. The van der Waals surface area contributed by atoms with Gasteiger partial charge in [0.05, 0.1) is 35.3 Å². The third-order valence-electron chi connectivity index (χ3n) is 11.5. The molecule has 3 saturated heterocycles. The van der Waals surface area contributed by atoms with Crippen LogP contribution in [0.4, 0.5) is 15.9 Å². The second kappa shape index (κ2) is 15.6. The molecule has 1 aromatic carbocycles. The number of hydrogen-bond donors (Lipinski definition) is 2. The van der Waals surface area contributed by atoms with Gasteiger partial charge in [0.15, 0.2) is 17.3 Å². The van der Waals surface area contributed by atoms with Crippen LogP contribution in [0.25, 0.3) is 16.6 Å². The van der Waals surface area contributed by atoms with Crippen LogP contribution in [0.15, 0.2) is 55.2 Å². The molecule has 294 valence electrons. The quantitative estimate of drug-likeness (QED) is 0.192. The van der Waals surface area contributed by atoms with Crippen molar-refractivity contribution < 1.29 is 23.5 Å². The first-order valence-corrected chi connectivity index (χ1v) is 19.8. The Morgan fingerprint density at radius 2 is 1.82 bits per heavy atom. The summed E-state index contributed by atoms with van der Waals surface area (Å²) in [5.41, 5.74) is 3.41. The molecule has 1 spiro atoms. The zero-order valence-corrected chi connectivity index (χ0v) is 32.2. The van der Waals surface area contributed by atoms with E-state index in [0.29, 0.717) is 51.9 Å². The number of halogens is 1. The first kappa shape index (κ1) is 37.5. The summed E-state index contributed by atoms with van der Waals surface area (Å²) in [5, 5.41) is 15.2. The summed E-state index contributed by atoms with van der Waals surface area (Å²) in [6, 6.07) is 7.37. The number of carbonyl (C=O) groups excluding carboxylic acids is 3. The smallest absolute Gasteiger partial charge is 0.259 e. The summed E-state index contributed by atoms with van der Waals surface area (Å²) in [6.45, 7) is 7.78. The Kier molecular flexibility index (Phi) is 10.4. The Morgan fingerprint density at radius 1 is 1.04 bits per heavy atom. The van der Waals surface area contributed by atoms with Crippen LogP contribution in [0.3, 0.4) is 0 Å². The molecule has 0 bridgehead atoms. The molecule has 2 N–H and O–H groups in total. The number of rotatable bonds is 7. The van der Waals surface area contributed by atoms with Crippen LogP contribution < -0.4 is 20.3 Å². The number of nitrogens with zero attached hydrogens (tertiary/aromatic N) is 8. The van der Waals surface area contributed by atoms with E-state index in [4.69, 9.17) is 9.84 Å². The van der Waals surface area contributed by atoms with Gasteiger partial charge in [-0.25, -0.2) is 18.9 Å². The van der Waals surface area contributed by atoms with Crippen molar-refractivity contribution in [2.75, 3.05) is 43.4 Å². The van der Waals surface area contributed by atoms with Crippen LogP contribution in [-0.2, 0) is 9.59 Å². The van der Waals surface area contributed by atoms with Gasteiger partial charge in [-0.2, -0.15) is 10.2 Å². The maximum Gasteiger partial charge on any atom is 0.259 e. The first-order valence-electron chi connectivity index (χ1n) is 19.8. The largest absolute Gasteiger partial charge is 0.490 e. The molecule has 3 aliphatic heterocycles. The normalized spacial score (nSPS) is 20.2. The van der Waals surface area contributed by atoms with Crippen molar-refractivity contribution in [1.82, 2.24) is 39.6 Å². The number of nitrogens with one attached hydrogen (secondary N) is 2. The number of hydrogen-bond acceptors (Lipinski definition) is 10. The second-order valence-corrected chi connectivity index (χ2v) is 16.1. The number of piperidine rings is 2. The highest BCUT2D eigenvalue weighted by Gasteiger charge is 2.43. The highest BCUT2D eigenvalue weighted by molar-refractivity contribution is 6.09. The molecule has 0 radical (unpaired) electrons. The van der Waals surface area contributed by atoms with Crippen molar-refractivity contribution >= 4 is 45.8 Å². The van der Waals surface area contributed by atoms with Gasteiger partial charge in [-0.1, -0.05) is 19.3 Å². The summed E-state index contributed by atoms with van der Waals surface area (Å²) in [7, 11) is 2.13. The van der Waals surface area contributed by atoms with Crippen molar-refractivity contribution in [3.8, 4) is 5.75 Å². The minimum atomic E-state index is -0.496. The highest BCUT2D eigenvalue weighted by Crippen LogP contribution is 2.41. The number of amides is 3. The molecule has 7 heterocycles. The van der Waals surface area contributed by atoms with Gasteiger partial charge in [0.25, 0.3) is 5.91 Å². The molecule has 5 aromatic rings. The maximum atomic E-state index is 14.6. The average molecular weight is 765 g/mol. The Morgan fingerprint density at radius 3 is 2.54 bits per heavy atom. The molecule has 4 fully saturated rings. The minimum Gasteiger partial charge on any atom is -0.490 e. The topological polar surface area (TPSA) is 152 Å². The number of ether oxygens (including phenoxy) is 1. The summed E-state index contributed by atoms with van der Waals surface area (Å²) < 4.78 is 24.3. The number of likely N-dealkylation sites (tertiary alicyclic amines) is 1. The lowest BCUT2D eigenvalue weighted by Gasteiger charge is -2.53. The monoisotopic (exact) mass is 764 g/mol. The molecule has 1 atom stereocenters. The van der Waals surface area contributed by atoms with Gasteiger partial charge < -0.3 is 19.9 Å². The standard InChI is InChI=1S/C23H26N6O2.C18H23FN4O2/c1-15(2)31-21-12-19-16(14-29(27-19)17-7-4-3-5-8-17)11-18(21)23(30)26-20-13-25-28-10-6-9-24-22(20)28;1-22-10-18(11-22)4-6-23(7-5-18)16-14(19)8-12(9-20-16)13-2-3-15(24)21-17(13)25/h6,9-15,17H,3-5,7-8H2,1-2H3,(H,26,30);8-9,13H,2-7,10-11H2,1H3,(H,21,24,25). The highest BCUT2D eigenvalue weighted by atomic mass is 19.1. The van der Waals surface area contributed by atoms with Crippen LogP contribution in [0.5, 0.6) is 5.75 Å². The van der Waals surface area contributed by atoms with Gasteiger partial charge in [0, 0.05) is 68.8 Å². The van der Waals surface area contributed by atoms with Crippen molar-refractivity contribution in [3.63, 3.8) is 0 Å². The van der Waals surface area contributed by atoms with E-state index in [9.17, 15) is 18.8 Å². The predicted octanol–water partition coefficient (Wildman–Crippen LogP) is 5.90. The van der Waals surface area contributed by atoms with Crippen molar-refractivity contribution in [3.05, 3.63) is 72.2 Å². The molecule has 1 aliphatic carbocycles. The summed E-state index contributed by atoms with van der Waals surface area (Å²) in [5.74, 6) is -0.873. The Bertz CT molecular complexity index is 2250. The van der Waals surface area contributed by atoms with Crippen LogP contribution in [0.1, 0.15) is 99.5 Å². The van der Waals surface area contributed by atoms with Crippen LogP contribution >= 0.6 is 0 Å². The van der Waals surface area contributed by atoms with E-state index in [2.05, 4.69) is 48.5 Å². The third kappa shape index (κ3) is 7.81. The Hall–Kier alpha value is -5.44. The maximum absolute atomic E-state index is 14.6. The van der Waals surface area contributed by atoms with E-state index in [-0.39, 0.29) is 36.1 Å². The molecule has 14 nitrogen and oxygen atoms in total. The van der Waals surface area contributed by atoms with Gasteiger partial charge in [0.1, 0.15) is 11.4 Å². The molecule has 1 unspecified atom stereocenters. The van der Waals surface area contributed by atoms with E-state index in [1.807, 2.05) is 30.9 Å². The molecule has 56 heavy (non-hydrogen) atoms. The van der Waals surface area contributed by atoms with Gasteiger partial charge in [-0.15, -0.1) is 0 Å². The van der Waals surface area contributed by atoms with Gasteiger partial charge in [-0.05, 0) is 82.2 Å². The number of benzene rings is 1. The predicted molar refractivity (Wildman–Crippen MR) is 209 cm³/mol. The molecule has 9 rings (SSSR count). The number of pyridine rings is 1. The van der Waals surface area contributed by atoms with E-state index in [0.717, 1.165) is 62.8 Å². The molecule has 3 amide bonds. The molecule has 4 aromatic heterocycles. The fourth-order valence-electron chi connectivity index (χ4n) is 8.73. The van der Waals surface area contributed by atoms with Crippen molar-refractivity contribution in [2.24, 2.45) is 5.41 Å². The van der Waals surface area contributed by atoms with Crippen LogP contribution in [-0.4, -0.2) is 91.3 Å². The minimum absolute atomic E-state index is 0.0666. The first-order chi connectivity index (χ1) is 27.0. The number of anilines is 2. The fraction of sp³-hybridized carbons (Fsp3) is 0.488. The second-order valence-electron chi connectivity index (χ2n) is 16.1. The molecular formula is C41H49FN10O4. The van der Waals surface area contributed by atoms with Crippen molar-refractivity contribution in [2.45, 2.75) is 89.7 Å². The number of aromatic nitrogens is 6. The Labute approximate surface area is 324 Å². The van der Waals surface area contributed by atoms with Crippen molar-refractivity contribution in [1.29, 1.82) is 0 Å². The van der Waals surface area contributed by atoms with Gasteiger partial charge >= 0.3 is 0 Å². The zero-order chi connectivity index (χ0) is 39.0. The summed E-state index contributed by atoms with van der Waals surface area (Å²) in [6.07, 6.45) is 17.5. The lowest BCUT2D eigenvalue weighted by Crippen LogP contribution is -2.58. The van der Waals surface area contributed by atoms with E-state index in [1.54, 1.807) is 35.4 Å². The fourth-order valence-corrected chi connectivity index (χ4v) is 8.73. The molecular weight excluding hydrogens is 716 g/mol. The number of imide groups is 1. The van der Waals surface area contributed by atoms with Crippen LogP contribution in [0, 0.1) is 11.2 Å². The Balaban J connectivity index is 0.000000161. The molecule has 15 heteroatoms. The van der Waals surface area contributed by atoms with E-state index < -0.39 is 5.92 Å². The lowest BCUT2D eigenvalue weighted by atomic mass is 9.72. The lowest BCUT2D eigenvalue weighted by molar-refractivity contribution is -0.134.